The summed E-state index contributed by atoms with van der Waals surface area (Å²) in [5, 5.41) is 4.11. The molecule has 0 radical (unpaired) electrons. The van der Waals surface area contributed by atoms with Crippen LogP contribution in [0.1, 0.15) is 19.3 Å². The van der Waals surface area contributed by atoms with E-state index < -0.39 is 0 Å². The number of halogens is 2. The van der Waals surface area contributed by atoms with Gasteiger partial charge in [0.2, 0.25) is 5.91 Å². The lowest BCUT2D eigenvalue weighted by molar-refractivity contribution is -0.134. The van der Waals surface area contributed by atoms with Crippen molar-refractivity contribution in [1.82, 2.24) is 10.2 Å². The summed E-state index contributed by atoms with van der Waals surface area (Å²) in [7, 11) is 0. The molecule has 22 heavy (non-hydrogen) atoms. The van der Waals surface area contributed by atoms with E-state index in [0.717, 1.165) is 56.3 Å². The molecule has 1 atom stereocenters. The minimum atomic E-state index is 0. The quantitative estimate of drug-likeness (QED) is 0.896. The number of piperidine rings is 1. The van der Waals surface area contributed by atoms with Crippen molar-refractivity contribution in [2.45, 2.75) is 25.3 Å². The fourth-order valence-electron chi connectivity index (χ4n) is 3.14. The minimum Gasteiger partial charge on any atom is -0.368 e. The molecular weight excluding hydrogens is 321 g/mol. The monoisotopic (exact) mass is 343 g/mol. The zero-order valence-corrected chi connectivity index (χ0v) is 14.2. The first kappa shape index (κ1) is 17.4. The number of hydrogen-bond acceptors (Lipinski definition) is 3. The van der Waals surface area contributed by atoms with Crippen molar-refractivity contribution in [2.24, 2.45) is 0 Å². The van der Waals surface area contributed by atoms with Gasteiger partial charge in [-0.15, -0.1) is 12.4 Å². The summed E-state index contributed by atoms with van der Waals surface area (Å²) in [6.45, 7) is 4.31. The normalized spacial score (nSPS) is 22.1. The molecule has 2 fully saturated rings. The maximum absolute atomic E-state index is 12.5. The van der Waals surface area contributed by atoms with Crippen LogP contribution in [0.15, 0.2) is 24.3 Å². The molecule has 1 aromatic carbocycles. The Morgan fingerprint density at radius 3 is 2.59 bits per heavy atom. The van der Waals surface area contributed by atoms with Crippen molar-refractivity contribution in [3.8, 4) is 0 Å². The first-order chi connectivity index (χ1) is 10.2. The third-order valence-electron chi connectivity index (χ3n) is 4.37. The topological polar surface area (TPSA) is 35.6 Å². The third-order valence-corrected chi connectivity index (χ3v) is 4.61. The number of carbonyl (C=O) groups excluding carboxylic acids is 1. The van der Waals surface area contributed by atoms with Crippen molar-refractivity contribution in [3.05, 3.63) is 29.3 Å². The number of nitrogens with zero attached hydrogens (tertiary/aromatic N) is 2. The molecule has 3 rings (SSSR count). The van der Waals surface area contributed by atoms with Crippen LogP contribution in [0, 0.1) is 0 Å². The molecule has 0 aromatic heterocycles. The number of anilines is 1. The molecule has 2 aliphatic rings. The van der Waals surface area contributed by atoms with Crippen LogP contribution in [0.2, 0.25) is 5.02 Å². The Bertz CT molecular complexity index is 498. The number of hydrogen-bond donors (Lipinski definition) is 1. The predicted octanol–water partition coefficient (Wildman–Crippen LogP) is 2.55. The maximum Gasteiger partial charge on any atom is 0.239 e. The molecule has 6 heteroatoms. The zero-order chi connectivity index (χ0) is 14.7. The molecule has 0 aliphatic carbocycles. The average molecular weight is 344 g/mol. The van der Waals surface area contributed by atoms with E-state index in [0.29, 0.717) is 0 Å². The van der Waals surface area contributed by atoms with Gasteiger partial charge in [-0.3, -0.25) is 4.79 Å². The standard InChI is InChI=1S/C16H22ClN3O.ClH/c17-13-4-3-5-14(12-13)19-8-10-20(11-9-19)16(21)15-6-1-2-7-18-15;/h3-5,12,15,18H,1-2,6-11H2;1H/t15-;/m1./s1. The van der Waals surface area contributed by atoms with Crippen LogP contribution in [0.5, 0.6) is 0 Å². The van der Waals surface area contributed by atoms with E-state index in [1.54, 1.807) is 0 Å². The molecule has 1 amide bonds. The number of carbonyl (C=O) groups is 1. The van der Waals surface area contributed by atoms with E-state index in [2.05, 4.69) is 16.3 Å². The van der Waals surface area contributed by atoms with Gasteiger partial charge in [-0.1, -0.05) is 24.1 Å². The van der Waals surface area contributed by atoms with Gasteiger partial charge in [0.1, 0.15) is 0 Å². The van der Waals surface area contributed by atoms with Crippen molar-refractivity contribution in [2.75, 3.05) is 37.6 Å². The van der Waals surface area contributed by atoms with Gasteiger partial charge in [-0.2, -0.15) is 0 Å². The highest BCUT2D eigenvalue weighted by atomic mass is 35.5. The molecule has 4 nitrogen and oxygen atoms in total. The molecule has 2 saturated heterocycles. The maximum atomic E-state index is 12.5. The Morgan fingerprint density at radius 2 is 1.95 bits per heavy atom. The molecule has 0 saturated carbocycles. The molecule has 0 unspecified atom stereocenters. The Morgan fingerprint density at radius 1 is 1.18 bits per heavy atom. The van der Waals surface area contributed by atoms with Gasteiger partial charge in [0.25, 0.3) is 0 Å². The van der Waals surface area contributed by atoms with Crippen LogP contribution in [0.25, 0.3) is 0 Å². The third kappa shape index (κ3) is 4.06. The van der Waals surface area contributed by atoms with Gasteiger partial charge < -0.3 is 15.1 Å². The summed E-state index contributed by atoms with van der Waals surface area (Å²) in [5.41, 5.74) is 1.14. The highest BCUT2D eigenvalue weighted by molar-refractivity contribution is 6.30. The zero-order valence-electron chi connectivity index (χ0n) is 12.6. The number of benzene rings is 1. The minimum absolute atomic E-state index is 0. The molecule has 0 bridgehead atoms. The molecule has 2 aliphatic heterocycles. The van der Waals surface area contributed by atoms with E-state index in [1.807, 2.05) is 23.1 Å². The lowest BCUT2D eigenvalue weighted by Crippen LogP contribution is -2.55. The van der Waals surface area contributed by atoms with Crippen LogP contribution < -0.4 is 10.2 Å². The lowest BCUT2D eigenvalue weighted by atomic mass is 10.0. The second-order valence-corrected chi connectivity index (χ2v) is 6.23. The predicted molar refractivity (Wildman–Crippen MR) is 93.1 cm³/mol. The van der Waals surface area contributed by atoms with Gasteiger partial charge in [-0.25, -0.2) is 0 Å². The average Bonchev–Trinajstić information content (AvgIpc) is 2.55. The van der Waals surface area contributed by atoms with Gasteiger partial charge in [0.05, 0.1) is 6.04 Å². The molecule has 2 heterocycles. The van der Waals surface area contributed by atoms with Crippen LogP contribution in [-0.2, 0) is 4.79 Å². The van der Waals surface area contributed by atoms with E-state index in [1.165, 1.54) is 6.42 Å². The first-order valence-corrected chi connectivity index (χ1v) is 8.14. The second-order valence-electron chi connectivity index (χ2n) is 5.79. The smallest absolute Gasteiger partial charge is 0.239 e. The largest absolute Gasteiger partial charge is 0.368 e. The van der Waals surface area contributed by atoms with E-state index >= 15 is 0 Å². The van der Waals surface area contributed by atoms with Crippen molar-refractivity contribution >= 4 is 35.6 Å². The van der Waals surface area contributed by atoms with Gasteiger partial charge in [-0.05, 0) is 37.6 Å². The van der Waals surface area contributed by atoms with Crippen LogP contribution >= 0.6 is 24.0 Å². The Balaban J connectivity index is 0.00000176. The summed E-state index contributed by atoms with van der Waals surface area (Å²) in [6, 6.07) is 7.96. The summed E-state index contributed by atoms with van der Waals surface area (Å²) in [6.07, 6.45) is 3.32. The van der Waals surface area contributed by atoms with Crippen molar-refractivity contribution < 1.29 is 4.79 Å². The second kappa shape index (κ2) is 8.04. The fraction of sp³-hybridized carbons (Fsp3) is 0.562. The van der Waals surface area contributed by atoms with Gasteiger partial charge >= 0.3 is 0 Å². The molecule has 0 spiro atoms. The number of rotatable bonds is 2. The molecule has 1 aromatic rings. The Hall–Kier alpha value is -0.970. The number of nitrogens with one attached hydrogen (secondary N) is 1. The van der Waals surface area contributed by atoms with Crippen LogP contribution in [0.4, 0.5) is 5.69 Å². The summed E-state index contributed by atoms with van der Waals surface area (Å²) >= 11 is 6.05. The van der Waals surface area contributed by atoms with Crippen LogP contribution in [-0.4, -0.2) is 49.6 Å². The van der Waals surface area contributed by atoms with Crippen molar-refractivity contribution in [3.63, 3.8) is 0 Å². The van der Waals surface area contributed by atoms with Gasteiger partial charge in [0.15, 0.2) is 0 Å². The summed E-state index contributed by atoms with van der Waals surface area (Å²) < 4.78 is 0. The Labute approximate surface area is 143 Å². The van der Waals surface area contributed by atoms with E-state index in [4.69, 9.17) is 11.6 Å². The van der Waals surface area contributed by atoms with Crippen LogP contribution in [0.3, 0.4) is 0 Å². The fourth-order valence-corrected chi connectivity index (χ4v) is 3.33. The van der Waals surface area contributed by atoms with Crippen molar-refractivity contribution in [1.29, 1.82) is 0 Å². The van der Waals surface area contributed by atoms with E-state index in [-0.39, 0.29) is 24.4 Å². The SMILES string of the molecule is Cl.O=C([C@H]1CCCCN1)N1CCN(c2cccc(Cl)c2)CC1. The lowest BCUT2D eigenvalue weighted by Gasteiger charge is -2.38. The van der Waals surface area contributed by atoms with E-state index in [9.17, 15) is 4.79 Å². The first-order valence-electron chi connectivity index (χ1n) is 7.77. The summed E-state index contributed by atoms with van der Waals surface area (Å²) in [4.78, 5) is 16.8. The highest BCUT2D eigenvalue weighted by Gasteiger charge is 2.28. The Kier molecular flexibility index (Phi) is 6.36. The molecular formula is C16H23Cl2N3O. The highest BCUT2D eigenvalue weighted by Crippen LogP contribution is 2.21. The number of amides is 1. The summed E-state index contributed by atoms with van der Waals surface area (Å²) in [5.74, 6) is 0.278. The van der Waals surface area contributed by atoms with Gasteiger partial charge in [0, 0.05) is 36.9 Å². The molecule has 1 N–H and O–H groups in total. The molecule has 122 valence electrons. The number of piperazine rings is 1.